The molecule has 1 heterocycles. The van der Waals surface area contributed by atoms with Crippen LogP contribution < -0.4 is 15.5 Å². The van der Waals surface area contributed by atoms with Gasteiger partial charge in [-0.1, -0.05) is 6.92 Å². The highest BCUT2D eigenvalue weighted by Crippen LogP contribution is 2.24. The summed E-state index contributed by atoms with van der Waals surface area (Å²) >= 11 is 0. The molecule has 2 amide bonds. The van der Waals surface area contributed by atoms with E-state index in [0.717, 1.165) is 37.5 Å². The van der Waals surface area contributed by atoms with E-state index >= 15 is 0 Å². The lowest BCUT2D eigenvalue weighted by molar-refractivity contribution is -0.126. The molecule has 5 heteroatoms. The second-order valence-corrected chi connectivity index (χ2v) is 6.78. The Bertz CT molecular complexity index is 558. The third-order valence-corrected chi connectivity index (χ3v) is 4.56. The average Bonchev–Trinajstić information content (AvgIpc) is 3.32. The van der Waals surface area contributed by atoms with E-state index in [-0.39, 0.29) is 18.2 Å². The fourth-order valence-electron chi connectivity index (χ4n) is 2.88. The molecule has 0 bridgehead atoms. The summed E-state index contributed by atoms with van der Waals surface area (Å²) in [5, 5.41) is 5.61. The predicted molar refractivity (Wildman–Crippen MR) is 91.5 cm³/mol. The number of nitrogens with one attached hydrogen (secondary N) is 2. The Labute approximate surface area is 137 Å². The molecule has 2 N–H and O–H groups in total. The van der Waals surface area contributed by atoms with Gasteiger partial charge >= 0.3 is 0 Å². The number of carbonyl (C=O) groups excluding carboxylic acids is 2. The average molecular weight is 315 g/mol. The summed E-state index contributed by atoms with van der Waals surface area (Å²) in [5.74, 6) is 0.360. The molecule has 0 aromatic heterocycles. The van der Waals surface area contributed by atoms with E-state index in [1.807, 2.05) is 24.3 Å². The van der Waals surface area contributed by atoms with Crippen LogP contribution in [0.5, 0.6) is 0 Å². The number of amides is 2. The Hall–Kier alpha value is -2.04. The predicted octanol–water partition coefficient (Wildman–Crippen LogP) is 2.53. The minimum atomic E-state index is -0.261. The molecule has 124 valence electrons. The van der Waals surface area contributed by atoms with E-state index in [2.05, 4.69) is 22.5 Å². The van der Waals surface area contributed by atoms with Gasteiger partial charge in [0.15, 0.2) is 0 Å². The Morgan fingerprint density at radius 2 is 1.70 bits per heavy atom. The highest BCUT2D eigenvalue weighted by Gasteiger charge is 2.24. The zero-order valence-electron chi connectivity index (χ0n) is 13.7. The van der Waals surface area contributed by atoms with Crippen molar-refractivity contribution in [2.75, 3.05) is 23.3 Å². The molecule has 3 rings (SSSR count). The Morgan fingerprint density at radius 1 is 1.04 bits per heavy atom. The summed E-state index contributed by atoms with van der Waals surface area (Å²) in [6, 6.07) is 8.18. The van der Waals surface area contributed by atoms with Crippen molar-refractivity contribution in [3.8, 4) is 0 Å². The van der Waals surface area contributed by atoms with E-state index < -0.39 is 0 Å². The number of piperidine rings is 1. The van der Waals surface area contributed by atoms with Crippen molar-refractivity contribution in [3.63, 3.8) is 0 Å². The number of hydrogen-bond donors (Lipinski definition) is 2. The third-order valence-electron chi connectivity index (χ3n) is 4.56. The van der Waals surface area contributed by atoms with E-state index in [0.29, 0.717) is 6.04 Å². The van der Waals surface area contributed by atoms with Gasteiger partial charge in [0.1, 0.15) is 6.42 Å². The number of anilines is 2. The lowest BCUT2D eigenvalue weighted by atomic mass is 9.99. The standard InChI is InChI=1S/C18H25N3O2/c1-13-8-10-21(11-9-13)16-6-4-15(5-7-16)20-18(23)12-17(22)19-14-2-3-14/h4-7,13-14H,2-3,8-12H2,1H3,(H,19,22)(H,20,23). The Kier molecular flexibility index (Phi) is 4.84. The van der Waals surface area contributed by atoms with E-state index in [4.69, 9.17) is 0 Å². The van der Waals surface area contributed by atoms with Gasteiger partial charge in [0.2, 0.25) is 11.8 Å². The van der Waals surface area contributed by atoms with Crippen molar-refractivity contribution >= 4 is 23.2 Å². The van der Waals surface area contributed by atoms with Gasteiger partial charge in [-0.15, -0.1) is 0 Å². The maximum absolute atomic E-state index is 11.9. The van der Waals surface area contributed by atoms with Gasteiger partial charge in [0.25, 0.3) is 0 Å². The van der Waals surface area contributed by atoms with Crippen molar-refractivity contribution in [1.29, 1.82) is 0 Å². The first-order valence-corrected chi connectivity index (χ1v) is 8.54. The fraction of sp³-hybridized carbons (Fsp3) is 0.556. The molecule has 2 fully saturated rings. The number of nitrogens with zero attached hydrogens (tertiary/aromatic N) is 1. The molecule has 23 heavy (non-hydrogen) atoms. The molecule has 0 atom stereocenters. The molecule has 1 aromatic carbocycles. The maximum Gasteiger partial charge on any atom is 0.233 e. The Morgan fingerprint density at radius 3 is 2.30 bits per heavy atom. The summed E-state index contributed by atoms with van der Waals surface area (Å²) in [6.45, 7) is 4.48. The van der Waals surface area contributed by atoms with Crippen molar-refractivity contribution in [3.05, 3.63) is 24.3 Å². The topological polar surface area (TPSA) is 61.4 Å². The molecular formula is C18H25N3O2. The quantitative estimate of drug-likeness (QED) is 0.821. The fourth-order valence-corrected chi connectivity index (χ4v) is 2.88. The summed E-state index contributed by atoms with van der Waals surface area (Å²) in [6.07, 6.45) is 4.42. The molecule has 0 radical (unpaired) electrons. The maximum atomic E-state index is 11.9. The highest BCUT2D eigenvalue weighted by atomic mass is 16.2. The molecule has 5 nitrogen and oxygen atoms in total. The van der Waals surface area contributed by atoms with Gasteiger partial charge in [0.05, 0.1) is 0 Å². The number of carbonyl (C=O) groups is 2. The molecular weight excluding hydrogens is 290 g/mol. The molecule has 1 aliphatic carbocycles. The van der Waals surface area contributed by atoms with Crippen LogP contribution in [0.1, 0.15) is 39.0 Å². The SMILES string of the molecule is CC1CCN(c2ccc(NC(=O)CC(=O)NC3CC3)cc2)CC1. The first-order valence-electron chi connectivity index (χ1n) is 8.54. The second-order valence-electron chi connectivity index (χ2n) is 6.78. The highest BCUT2D eigenvalue weighted by molar-refractivity contribution is 6.03. The zero-order valence-corrected chi connectivity index (χ0v) is 13.7. The van der Waals surface area contributed by atoms with Crippen molar-refractivity contribution in [1.82, 2.24) is 5.32 Å². The van der Waals surface area contributed by atoms with E-state index in [9.17, 15) is 9.59 Å². The van der Waals surface area contributed by atoms with Crippen LogP contribution in [0, 0.1) is 5.92 Å². The molecule has 2 aliphatic rings. The normalized spacial score (nSPS) is 18.6. The molecule has 0 spiro atoms. The van der Waals surface area contributed by atoms with Gasteiger partial charge in [-0.3, -0.25) is 9.59 Å². The summed E-state index contributed by atoms with van der Waals surface area (Å²) in [7, 11) is 0. The number of benzene rings is 1. The molecule has 0 unspecified atom stereocenters. The van der Waals surface area contributed by atoms with E-state index in [1.165, 1.54) is 18.5 Å². The van der Waals surface area contributed by atoms with Gasteiger partial charge < -0.3 is 15.5 Å². The van der Waals surface area contributed by atoms with Crippen LogP contribution in [-0.4, -0.2) is 30.9 Å². The minimum Gasteiger partial charge on any atom is -0.372 e. The van der Waals surface area contributed by atoms with Gasteiger partial charge in [-0.2, -0.15) is 0 Å². The summed E-state index contributed by atoms with van der Waals surface area (Å²) in [4.78, 5) is 25.9. The number of rotatable bonds is 5. The van der Waals surface area contributed by atoms with Crippen LogP contribution in [0.4, 0.5) is 11.4 Å². The minimum absolute atomic E-state index is 0.109. The van der Waals surface area contributed by atoms with Crippen LogP contribution >= 0.6 is 0 Å². The smallest absolute Gasteiger partial charge is 0.233 e. The van der Waals surface area contributed by atoms with Crippen molar-refractivity contribution in [2.24, 2.45) is 5.92 Å². The first kappa shape index (κ1) is 15.8. The summed E-state index contributed by atoms with van der Waals surface area (Å²) in [5.41, 5.74) is 1.93. The van der Waals surface area contributed by atoms with Crippen LogP contribution in [0.2, 0.25) is 0 Å². The first-order chi connectivity index (χ1) is 11.1. The van der Waals surface area contributed by atoms with E-state index in [1.54, 1.807) is 0 Å². The summed E-state index contributed by atoms with van der Waals surface area (Å²) < 4.78 is 0. The molecule has 1 saturated heterocycles. The Balaban J connectivity index is 1.48. The number of hydrogen-bond acceptors (Lipinski definition) is 3. The molecule has 1 aliphatic heterocycles. The van der Waals surface area contributed by atoms with Crippen molar-refractivity contribution in [2.45, 2.75) is 45.1 Å². The van der Waals surface area contributed by atoms with Gasteiger partial charge in [-0.05, 0) is 55.9 Å². The molecule has 1 saturated carbocycles. The lowest BCUT2D eigenvalue weighted by Crippen LogP contribution is -2.32. The monoisotopic (exact) mass is 315 g/mol. The largest absolute Gasteiger partial charge is 0.372 e. The van der Waals surface area contributed by atoms with Crippen LogP contribution in [0.25, 0.3) is 0 Å². The molecule has 1 aromatic rings. The third kappa shape index (κ3) is 4.71. The van der Waals surface area contributed by atoms with Gasteiger partial charge in [-0.25, -0.2) is 0 Å². The lowest BCUT2D eigenvalue weighted by Gasteiger charge is -2.32. The second kappa shape index (κ2) is 7.02. The van der Waals surface area contributed by atoms with Crippen LogP contribution in [-0.2, 0) is 9.59 Å². The zero-order chi connectivity index (χ0) is 16.2. The van der Waals surface area contributed by atoms with Crippen LogP contribution in [0.15, 0.2) is 24.3 Å². The van der Waals surface area contributed by atoms with Crippen molar-refractivity contribution < 1.29 is 9.59 Å². The van der Waals surface area contributed by atoms with Gasteiger partial charge in [0, 0.05) is 30.5 Å². The van der Waals surface area contributed by atoms with Crippen LogP contribution in [0.3, 0.4) is 0 Å².